The van der Waals surface area contributed by atoms with Gasteiger partial charge in [-0.3, -0.25) is 0 Å². The van der Waals surface area contributed by atoms with Crippen molar-refractivity contribution in [2.24, 2.45) is 5.92 Å². The van der Waals surface area contributed by atoms with E-state index in [9.17, 15) is 0 Å². The highest BCUT2D eigenvalue weighted by Crippen LogP contribution is 2.15. The zero-order valence-electron chi connectivity index (χ0n) is 10.1. The first-order valence-corrected chi connectivity index (χ1v) is 7.54. The maximum Gasteiger partial charge on any atom is 0.0263 e. The number of halogens is 2. The molecule has 0 radical (unpaired) electrons. The van der Waals surface area contributed by atoms with Crippen LogP contribution in [0.1, 0.15) is 64.7 Å². The van der Waals surface area contributed by atoms with E-state index in [1.54, 1.807) is 0 Å². The Bertz CT molecular complexity index is 111. The summed E-state index contributed by atoms with van der Waals surface area (Å²) in [4.78, 5) is 0. The van der Waals surface area contributed by atoms with E-state index in [1.807, 2.05) is 0 Å². The van der Waals surface area contributed by atoms with Crippen LogP contribution in [0, 0.1) is 5.92 Å². The Hall–Kier alpha value is 0.580. The average Bonchev–Trinajstić information content (AvgIpc) is 2.27. The molecule has 0 saturated heterocycles. The molecule has 0 N–H and O–H groups in total. The highest BCUT2D eigenvalue weighted by atomic mass is 35.5. The minimum atomic E-state index is 0.536. The Balaban J connectivity index is 3.04. The summed E-state index contributed by atoms with van der Waals surface area (Å²) in [6, 6.07) is 0. The van der Waals surface area contributed by atoms with E-state index in [4.69, 9.17) is 23.2 Å². The monoisotopic (exact) mass is 252 g/mol. The van der Waals surface area contributed by atoms with E-state index >= 15 is 0 Å². The highest BCUT2D eigenvalue weighted by molar-refractivity contribution is 6.20. The predicted molar refractivity (Wildman–Crippen MR) is 72.2 cm³/mol. The van der Waals surface area contributed by atoms with Crippen LogP contribution in [0.25, 0.3) is 0 Å². The zero-order chi connectivity index (χ0) is 11.4. The van der Waals surface area contributed by atoms with Crippen molar-refractivity contribution >= 4 is 23.2 Å². The maximum atomic E-state index is 5.78. The standard InChI is InChI=1S/C13H26Cl2/c1-2-3-4-5-6-7-8-9-10-13(11-14)12-15/h13H,2-12H2,1H3. The number of alkyl halides is 2. The summed E-state index contributed by atoms with van der Waals surface area (Å²) in [5.41, 5.74) is 0. The third kappa shape index (κ3) is 10.9. The largest absolute Gasteiger partial charge is 0.126 e. The number of hydrogen-bond acceptors (Lipinski definition) is 0. The molecule has 0 aliphatic carbocycles. The van der Waals surface area contributed by atoms with Gasteiger partial charge in [0.15, 0.2) is 0 Å². The molecule has 0 bridgehead atoms. The first-order chi connectivity index (χ1) is 7.35. The topological polar surface area (TPSA) is 0 Å². The van der Waals surface area contributed by atoms with Crippen LogP contribution in [0.3, 0.4) is 0 Å². The smallest absolute Gasteiger partial charge is 0.0263 e. The molecule has 0 amide bonds. The molecule has 0 saturated carbocycles. The minimum Gasteiger partial charge on any atom is -0.126 e. The molecule has 0 aromatic rings. The second-order valence-corrected chi connectivity index (χ2v) is 5.06. The molecule has 0 rings (SSSR count). The maximum absolute atomic E-state index is 5.78. The minimum absolute atomic E-state index is 0.536. The van der Waals surface area contributed by atoms with Gasteiger partial charge in [0.25, 0.3) is 0 Å². The molecular formula is C13H26Cl2. The Labute approximate surface area is 106 Å². The van der Waals surface area contributed by atoms with E-state index in [2.05, 4.69) is 6.92 Å². The van der Waals surface area contributed by atoms with Crippen molar-refractivity contribution in [2.75, 3.05) is 11.8 Å². The molecule has 0 aromatic heterocycles. The lowest BCUT2D eigenvalue weighted by Gasteiger charge is -2.09. The molecule has 0 heterocycles. The molecule has 0 nitrogen and oxygen atoms in total. The average molecular weight is 253 g/mol. The van der Waals surface area contributed by atoms with E-state index in [-0.39, 0.29) is 0 Å². The second-order valence-electron chi connectivity index (χ2n) is 4.44. The van der Waals surface area contributed by atoms with Crippen molar-refractivity contribution in [3.63, 3.8) is 0 Å². The molecule has 0 unspecified atom stereocenters. The third-order valence-electron chi connectivity index (χ3n) is 2.90. The Morgan fingerprint density at radius 2 is 1.20 bits per heavy atom. The van der Waals surface area contributed by atoms with Gasteiger partial charge in [-0.05, 0) is 12.3 Å². The second kappa shape index (κ2) is 12.6. The molecule has 0 fully saturated rings. The van der Waals surface area contributed by atoms with Crippen molar-refractivity contribution in [1.29, 1.82) is 0 Å². The van der Waals surface area contributed by atoms with E-state index in [0.717, 1.165) is 11.8 Å². The van der Waals surface area contributed by atoms with Crippen molar-refractivity contribution < 1.29 is 0 Å². The van der Waals surface area contributed by atoms with Crippen molar-refractivity contribution in [3.05, 3.63) is 0 Å². The van der Waals surface area contributed by atoms with Gasteiger partial charge in [0.1, 0.15) is 0 Å². The van der Waals surface area contributed by atoms with Gasteiger partial charge in [-0.15, -0.1) is 23.2 Å². The summed E-state index contributed by atoms with van der Waals surface area (Å²) >= 11 is 11.6. The molecule has 15 heavy (non-hydrogen) atoms. The Morgan fingerprint density at radius 1 is 0.733 bits per heavy atom. The van der Waals surface area contributed by atoms with Crippen LogP contribution >= 0.6 is 23.2 Å². The van der Waals surface area contributed by atoms with Crippen LogP contribution in [-0.2, 0) is 0 Å². The molecule has 2 heteroatoms. The SMILES string of the molecule is CCCCCCCCCCC(CCl)CCl. The summed E-state index contributed by atoms with van der Waals surface area (Å²) in [5.74, 6) is 1.98. The highest BCUT2D eigenvalue weighted by Gasteiger charge is 2.04. The molecular weight excluding hydrogens is 227 g/mol. The first kappa shape index (κ1) is 15.6. The van der Waals surface area contributed by atoms with Gasteiger partial charge < -0.3 is 0 Å². The quantitative estimate of drug-likeness (QED) is 0.331. The van der Waals surface area contributed by atoms with Crippen molar-refractivity contribution in [1.82, 2.24) is 0 Å². The third-order valence-corrected chi connectivity index (χ3v) is 3.78. The van der Waals surface area contributed by atoms with E-state index in [1.165, 1.54) is 57.8 Å². The lowest BCUT2D eigenvalue weighted by atomic mass is 10.0. The van der Waals surface area contributed by atoms with Gasteiger partial charge in [-0.25, -0.2) is 0 Å². The van der Waals surface area contributed by atoms with Crippen molar-refractivity contribution in [3.8, 4) is 0 Å². The molecule has 0 aromatic carbocycles. The molecule has 0 atom stereocenters. The fourth-order valence-corrected chi connectivity index (χ4v) is 2.40. The van der Waals surface area contributed by atoms with Crippen LogP contribution < -0.4 is 0 Å². The summed E-state index contributed by atoms with van der Waals surface area (Å²) < 4.78 is 0. The number of unbranched alkanes of at least 4 members (excludes halogenated alkanes) is 7. The van der Waals surface area contributed by atoms with Gasteiger partial charge in [0, 0.05) is 11.8 Å². The molecule has 92 valence electrons. The van der Waals surface area contributed by atoms with Gasteiger partial charge in [0.05, 0.1) is 0 Å². The lowest BCUT2D eigenvalue weighted by molar-refractivity contribution is 0.514. The van der Waals surface area contributed by atoms with E-state index < -0.39 is 0 Å². The van der Waals surface area contributed by atoms with Crippen LogP contribution in [-0.4, -0.2) is 11.8 Å². The number of hydrogen-bond donors (Lipinski definition) is 0. The van der Waals surface area contributed by atoms with Crippen LogP contribution in [0.4, 0.5) is 0 Å². The van der Waals surface area contributed by atoms with Crippen molar-refractivity contribution in [2.45, 2.75) is 64.7 Å². The van der Waals surface area contributed by atoms with Gasteiger partial charge in [-0.2, -0.15) is 0 Å². The normalized spacial score (nSPS) is 11.2. The first-order valence-electron chi connectivity index (χ1n) is 6.47. The van der Waals surface area contributed by atoms with Gasteiger partial charge in [-0.1, -0.05) is 58.3 Å². The molecule has 0 aliphatic heterocycles. The summed E-state index contributed by atoms with van der Waals surface area (Å²) in [5, 5.41) is 0. The van der Waals surface area contributed by atoms with Gasteiger partial charge in [0.2, 0.25) is 0 Å². The summed E-state index contributed by atoms with van der Waals surface area (Å²) in [6.07, 6.45) is 12.3. The zero-order valence-corrected chi connectivity index (χ0v) is 11.6. The Morgan fingerprint density at radius 3 is 1.67 bits per heavy atom. The fraction of sp³-hybridized carbons (Fsp3) is 1.00. The van der Waals surface area contributed by atoms with Crippen LogP contribution in [0.2, 0.25) is 0 Å². The molecule has 0 spiro atoms. The lowest BCUT2D eigenvalue weighted by Crippen LogP contribution is -2.03. The molecule has 0 aliphatic rings. The number of rotatable bonds is 11. The Kier molecular flexibility index (Phi) is 13.1. The summed E-state index contributed by atoms with van der Waals surface area (Å²) in [7, 11) is 0. The van der Waals surface area contributed by atoms with E-state index in [0.29, 0.717) is 5.92 Å². The van der Waals surface area contributed by atoms with Crippen LogP contribution in [0.5, 0.6) is 0 Å². The fourth-order valence-electron chi connectivity index (χ4n) is 1.76. The van der Waals surface area contributed by atoms with Crippen LogP contribution in [0.15, 0.2) is 0 Å². The predicted octanol–water partition coefficient (Wildman–Crippen LogP) is 5.61. The summed E-state index contributed by atoms with van der Waals surface area (Å²) in [6.45, 7) is 2.26. The van der Waals surface area contributed by atoms with Gasteiger partial charge >= 0.3 is 0 Å².